The van der Waals surface area contributed by atoms with Gasteiger partial charge in [0.25, 0.3) is 0 Å². The van der Waals surface area contributed by atoms with E-state index in [2.05, 4.69) is 9.72 Å². The van der Waals surface area contributed by atoms with Crippen molar-refractivity contribution in [1.29, 1.82) is 0 Å². The summed E-state index contributed by atoms with van der Waals surface area (Å²) >= 11 is 5.70. The standard InChI is InChI=1S/C11H14ClN3O4/c1-3-4-14(7-10(16)19-2)11-9(15(17)18)5-8(12)6-13-11/h5-6H,3-4,7H2,1-2H3. The summed E-state index contributed by atoms with van der Waals surface area (Å²) in [6.45, 7) is 2.25. The van der Waals surface area contributed by atoms with E-state index in [1.807, 2.05) is 6.92 Å². The Bertz CT molecular complexity index is 481. The minimum absolute atomic E-state index is 0.0974. The van der Waals surface area contributed by atoms with Crippen LogP contribution in [0.3, 0.4) is 0 Å². The molecule has 0 unspecified atom stereocenters. The summed E-state index contributed by atoms with van der Waals surface area (Å²) in [5.41, 5.74) is -0.232. The molecule has 0 atom stereocenters. The number of halogens is 1. The molecule has 0 aliphatic rings. The molecule has 0 radical (unpaired) electrons. The molecule has 1 heterocycles. The second kappa shape index (κ2) is 6.89. The summed E-state index contributed by atoms with van der Waals surface area (Å²) in [5, 5.41) is 11.2. The van der Waals surface area contributed by atoms with E-state index in [0.29, 0.717) is 13.0 Å². The second-order valence-corrected chi connectivity index (χ2v) is 4.19. The lowest BCUT2D eigenvalue weighted by Gasteiger charge is -2.21. The maximum absolute atomic E-state index is 11.3. The zero-order valence-corrected chi connectivity index (χ0v) is 11.4. The van der Waals surface area contributed by atoms with Crippen molar-refractivity contribution in [2.45, 2.75) is 13.3 Å². The van der Waals surface area contributed by atoms with Crippen molar-refractivity contribution in [3.8, 4) is 0 Å². The van der Waals surface area contributed by atoms with Crippen LogP contribution in [-0.4, -0.2) is 36.1 Å². The van der Waals surface area contributed by atoms with Crippen molar-refractivity contribution < 1.29 is 14.5 Å². The van der Waals surface area contributed by atoms with Gasteiger partial charge in [-0.15, -0.1) is 0 Å². The molecule has 8 heteroatoms. The monoisotopic (exact) mass is 287 g/mol. The number of rotatable bonds is 6. The van der Waals surface area contributed by atoms with Crippen molar-refractivity contribution in [2.24, 2.45) is 0 Å². The molecule has 0 bridgehead atoms. The minimum Gasteiger partial charge on any atom is -0.468 e. The Labute approximate surface area is 115 Å². The predicted molar refractivity (Wildman–Crippen MR) is 70.4 cm³/mol. The summed E-state index contributed by atoms with van der Waals surface area (Å²) < 4.78 is 4.57. The summed E-state index contributed by atoms with van der Waals surface area (Å²) in [4.78, 5) is 27.2. The van der Waals surface area contributed by atoms with E-state index in [4.69, 9.17) is 11.6 Å². The second-order valence-electron chi connectivity index (χ2n) is 3.75. The van der Waals surface area contributed by atoms with Crippen LogP contribution in [0.4, 0.5) is 11.5 Å². The first-order valence-electron chi connectivity index (χ1n) is 5.61. The number of anilines is 1. The van der Waals surface area contributed by atoms with Crippen molar-refractivity contribution in [3.05, 3.63) is 27.4 Å². The molecule has 0 saturated carbocycles. The summed E-state index contributed by atoms with van der Waals surface area (Å²) in [6, 6.07) is 1.21. The number of methoxy groups -OCH3 is 1. The van der Waals surface area contributed by atoms with Crippen LogP contribution < -0.4 is 4.90 Å². The van der Waals surface area contributed by atoms with E-state index >= 15 is 0 Å². The third-order valence-electron chi connectivity index (χ3n) is 2.35. The fourth-order valence-electron chi connectivity index (χ4n) is 1.55. The van der Waals surface area contributed by atoms with Crippen molar-refractivity contribution in [1.82, 2.24) is 4.98 Å². The van der Waals surface area contributed by atoms with Crippen LogP contribution in [0.25, 0.3) is 0 Å². The number of pyridine rings is 1. The molecule has 7 nitrogen and oxygen atoms in total. The van der Waals surface area contributed by atoms with Gasteiger partial charge in [-0.1, -0.05) is 18.5 Å². The highest BCUT2D eigenvalue weighted by Gasteiger charge is 2.23. The Hall–Kier alpha value is -1.89. The molecule has 0 aliphatic heterocycles. The lowest BCUT2D eigenvalue weighted by Crippen LogP contribution is -2.32. The average molecular weight is 288 g/mol. The van der Waals surface area contributed by atoms with Crippen LogP contribution in [0.1, 0.15) is 13.3 Å². The van der Waals surface area contributed by atoms with Crippen molar-refractivity contribution in [3.63, 3.8) is 0 Å². The SMILES string of the molecule is CCCN(CC(=O)OC)c1ncc(Cl)cc1[N+](=O)[O-]. The first-order valence-corrected chi connectivity index (χ1v) is 5.99. The quantitative estimate of drug-likeness (QED) is 0.452. The van der Waals surface area contributed by atoms with Gasteiger partial charge in [0.2, 0.25) is 5.82 Å². The van der Waals surface area contributed by atoms with E-state index in [1.54, 1.807) is 0 Å². The molecular weight excluding hydrogens is 274 g/mol. The van der Waals surface area contributed by atoms with E-state index in [0.717, 1.165) is 0 Å². The lowest BCUT2D eigenvalue weighted by molar-refractivity contribution is -0.384. The number of aromatic nitrogens is 1. The molecule has 1 aromatic rings. The normalized spacial score (nSPS) is 10.1. The van der Waals surface area contributed by atoms with Gasteiger partial charge >= 0.3 is 11.7 Å². The lowest BCUT2D eigenvalue weighted by atomic mass is 10.3. The van der Waals surface area contributed by atoms with E-state index in [9.17, 15) is 14.9 Å². The Kier molecular flexibility index (Phi) is 5.50. The van der Waals surface area contributed by atoms with Crippen molar-refractivity contribution >= 4 is 29.1 Å². The van der Waals surface area contributed by atoms with Crippen molar-refractivity contribution in [2.75, 3.05) is 25.1 Å². The summed E-state index contributed by atoms with van der Waals surface area (Å²) in [6.07, 6.45) is 2.02. The molecule has 0 fully saturated rings. The number of hydrogen-bond acceptors (Lipinski definition) is 6. The third kappa shape index (κ3) is 4.06. The Balaban J connectivity index is 3.14. The number of carbonyl (C=O) groups excluding carboxylic acids is 1. The Morgan fingerprint density at radius 3 is 2.84 bits per heavy atom. The van der Waals surface area contributed by atoms with Crippen LogP contribution in [0.2, 0.25) is 5.02 Å². The number of nitro groups is 1. The molecular formula is C11H14ClN3O4. The van der Waals surface area contributed by atoms with Gasteiger partial charge in [-0.3, -0.25) is 14.9 Å². The van der Waals surface area contributed by atoms with Gasteiger partial charge in [0.1, 0.15) is 6.54 Å². The fraction of sp³-hybridized carbons (Fsp3) is 0.455. The van der Waals surface area contributed by atoms with E-state index in [1.165, 1.54) is 24.3 Å². The third-order valence-corrected chi connectivity index (χ3v) is 2.56. The smallest absolute Gasteiger partial charge is 0.325 e. The van der Waals surface area contributed by atoms with Gasteiger partial charge in [-0.25, -0.2) is 4.98 Å². The number of carbonyl (C=O) groups is 1. The maximum Gasteiger partial charge on any atom is 0.325 e. The van der Waals surface area contributed by atoms with Gasteiger partial charge in [0.15, 0.2) is 0 Å². The number of ether oxygens (including phenoxy) is 1. The maximum atomic E-state index is 11.3. The largest absolute Gasteiger partial charge is 0.468 e. The molecule has 0 amide bonds. The zero-order valence-electron chi connectivity index (χ0n) is 10.6. The van der Waals surface area contributed by atoms with Gasteiger partial charge in [0.05, 0.1) is 17.1 Å². The average Bonchev–Trinajstić information content (AvgIpc) is 2.38. The molecule has 0 saturated heterocycles. The Morgan fingerprint density at radius 1 is 1.63 bits per heavy atom. The van der Waals surface area contributed by atoms with Crippen LogP contribution >= 0.6 is 11.6 Å². The van der Waals surface area contributed by atoms with Crippen LogP contribution in [-0.2, 0) is 9.53 Å². The molecule has 0 spiro atoms. The summed E-state index contributed by atoms with van der Waals surface area (Å²) in [7, 11) is 1.26. The van der Waals surface area contributed by atoms with Crippen LogP contribution in [0, 0.1) is 10.1 Å². The fourth-order valence-corrected chi connectivity index (χ4v) is 1.70. The molecule has 1 rings (SSSR count). The minimum atomic E-state index is -0.575. The highest BCUT2D eigenvalue weighted by atomic mass is 35.5. The highest BCUT2D eigenvalue weighted by Crippen LogP contribution is 2.28. The predicted octanol–water partition coefficient (Wildman–Crippen LogP) is 2.03. The molecule has 1 aromatic heterocycles. The first kappa shape index (κ1) is 15.2. The first-order chi connectivity index (χ1) is 8.99. The zero-order chi connectivity index (χ0) is 14.4. The number of nitrogens with zero attached hydrogens (tertiary/aromatic N) is 3. The van der Waals surface area contributed by atoms with Crippen LogP contribution in [0.15, 0.2) is 12.3 Å². The molecule has 19 heavy (non-hydrogen) atoms. The molecule has 0 N–H and O–H groups in total. The molecule has 0 aliphatic carbocycles. The van der Waals surface area contributed by atoms with Gasteiger partial charge in [-0.2, -0.15) is 0 Å². The van der Waals surface area contributed by atoms with Gasteiger partial charge in [-0.05, 0) is 6.42 Å². The highest BCUT2D eigenvalue weighted by molar-refractivity contribution is 6.30. The topological polar surface area (TPSA) is 85.6 Å². The van der Waals surface area contributed by atoms with Crippen LogP contribution in [0.5, 0.6) is 0 Å². The summed E-state index contributed by atoms with van der Waals surface area (Å²) in [5.74, 6) is -0.374. The molecule has 104 valence electrons. The number of hydrogen-bond donors (Lipinski definition) is 0. The Morgan fingerprint density at radius 2 is 2.32 bits per heavy atom. The van der Waals surface area contributed by atoms with Gasteiger partial charge < -0.3 is 9.64 Å². The number of esters is 1. The molecule has 0 aromatic carbocycles. The van der Waals surface area contributed by atoms with E-state index in [-0.39, 0.29) is 23.1 Å². The van der Waals surface area contributed by atoms with Gasteiger partial charge in [0, 0.05) is 18.8 Å². The van der Waals surface area contributed by atoms with E-state index < -0.39 is 10.9 Å².